The van der Waals surface area contributed by atoms with Crippen LogP contribution in [0.2, 0.25) is 5.02 Å². The number of phenols is 1. The van der Waals surface area contributed by atoms with Crippen LogP contribution >= 0.6 is 11.6 Å². The van der Waals surface area contributed by atoms with Crippen LogP contribution in [0.25, 0.3) is 0 Å². The Morgan fingerprint density at radius 2 is 2.15 bits per heavy atom. The lowest BCUT2D eigenvalue weighted by atomic mass is 10.1. The van der Waals surface area contributed by atoms with E-state index in [9.17, 15) is 5.11 Å². The summed E-state index contributed by atoms with van der Waals surface area (Å²) in [4.78, 5) is 0. The first-order chi connectivity index (χ1) is 6.02. The molecule has 1 aromatic carbocycles. The van der Waals surface area contributed by atoms with Gasteiger partial charge in [-0.3, -0.25) is 0 Å². The van der Waals surface area contributed by atoms with E-state index in [1.54, 1.807) is 0 Å². The highest BCUT2D eigenvalue weighted by Gasteiger charge is 2.08. The van der Waals surface area contributed by atoms with E-state index in [4.69, 9.17) is 17.3 Å². The third-order valence-corrected chi connectivity index (χ3v) is 2.36. The minimum absolute atomic E-state index is 0.0552. The summed E-state index contributed by atoms with van der Waals surface area (Å²) in [5.41, 5.74) is 7.33. The molecule has 0 saturated carbocycles. The van der Waals surface area contributed by atoms with Crippen molar-refractivity contribution in [3.8, 4) is 5.75 Å². The summed E-state index contributed by atoms with van der Waals surface area (Å²) in [5.74, 6) is 0.166. The molecule has 1 atom stereocenters. The summed E-state index contributed by atoms with van der Waals surface area (Å²) < 4.78 is 0. The number of hydrogen-bond donors (Lipinski definition) is 2. The van der Waals surface area contributed by atoms with Crippen molar-refractivity contribution in [2.45, 2.75) is 26.3 Å². The molecule has 0 radical (unpaired) electrons. The Morgan fingerprint density at radius 3 is 2.69 bits per heavy atom. The van der Waals surface area contributed by atoms with Gasteiger partial charge in [0.1, 0.15) is 5.75 Å². The topological polar surface area (TPSA) is 46.2 Å². The minimum atomic E-state index is 0.0552. The van der Waals surface area contributed by atoms with Crippen LogP contribution in [0, 0.1) is 6.92 Å². The number of nitrogens with two attached hydrogens (primary N) is 1. The molecule has 1 unspecified atom stereocenters. The summed E-state index contributed by atoms with van der Waals surface area (Å²) in [6, 6.07) is 3.80. The SMILES string of the molecule is Cc1ccc(CC(C)N)c(Cl)c1O. The van der Waals surface area contributed by atoms with E-state index in [0.29, 0.717) is 11.4 Å². The van der Waals surface area contributed by atoms with Crippen molar-refractivity contribution in [3.05, 3.63) is 28.3 Å². The lowest BCUT2D eigenvalue weighted by Crippen LogP contribution is -2.17. The number of aromatic hydroxyl groups is 1. The average Bonchev–Trinajstić information content (AvgIpc) is 2.06. The van der Waals surface area contributed by atoms with Crippen molar-refractivity contribution >= 4 is 11.6 Å². The molecule has 72 valence electrons. The molecule has 0 heterocycles. The van der Waals surface area contributed by atoms with Gasteiger partial charge in [0.15, 0.2) is 0 Å². The fourth-order valence-corrected chi connectivity index (χ4v) is 1.50. The van der Waals surface area contributed by atoms with Crippen LogP contribution in [0.1, 0.15) is 18.1 Å². The summed E-state index contributed by atoms with van der Waals surface area (Å²) in [6.45, 7) is 3.73. The van der Waals surface area contributed by atoms with Crippen LogP contribution in [0.5, 0.6) is 5.75 Å². The standard InChI is InChI=1S/C10H14ClNO/c1-6-3-4-8(5-7(2)12)9(11)10(6)13/h3-4,7,13H,5,12H2,1-2H3. The first kappa shape index (κ1) is 10.4. The third kappa shape index (κ3) is 2.36. The van der Waals surface area contributed by atoms with Gasteiger partial charge in [-0.15, -0.1) is 0 Å². The van der Waals surface area contributed by atoms with Gasteiger partial charge < -0.3 is 10.8 Å². The summed E-state index contributed by atoms with van der Waals surface area (Å²) in [6.07, 6.45) is 0.687. The molecule has 0 aliphatic heterocycles. The van der Waals surface area contributed by atoms with Crippen LogP contribution in [-0.4, -0.2) is 11.1 Å². The largest absolute Gasteiger partial charge is 0.506 e. The zero-order chi connectivity index (χ0) is 10.0. The molecule has 0 aliphatic carbocycles. The van der Waals surface area contributed by atoms with Gasteiger partial charge in [0.05, 0.1) is 5.02 Å². The quantitative estimate of drug-likeness (QED) is 0.768. The third-order valence-electron chi connectivity index (χ3n) is 1.94. The molecule has 0 aromatic heterocycles. The van der Waals surface area contributed by atoms with Crippen molar-refractivity contribution in [2.75, 3.05) is 0 Å². The van der Waals surface area contributed by atoms with E-state index in [1.807, 2.05) is 26.0 Å². The number of hydrogen-bond acceptors (Lipinski definition) is 2. The molecule has 0 fully saturated rings. The monoisotopic (exact) mass is 199 g/mol. The van der Waals surface area contributed by atoms with Gasteiger partial charge in [-0.05, 0) is 31.4 Å². The Hall–Kier alpha value is -0.730. The second-order valence-electron chi connectivity index (χ2n) is 3.39. The highest BCUT2D eigenvalue weighted by Crippen LogP contribution is 2.30. The van der Waals surface area contributed by atoms with E-state index in [1.165, 1.54) is 0 Å². The summed E-state index contributed by atoms with van der Waals surface area (Å²) in [5, 5.41) is 9.96. The van der Waals surface area contributed by atoms with E-state index in [2.05, 4.69) is 0 Å². The molecule has 0 saturated heterocycles. The molecule has 0 amide bonds. The van der Waals surface area contributed by atoms with Gasteiger partial charge in [-0.1, -0.05) is 23.7 Å². The number of phenolic OH excluding ortho intramolecular Hbond substituents is 1. The lowest BCUT2D eigenvalue weighted by molar-refractivity contribution is 0.470. The maximum Gasteiger partial charge on any atom is 0.137 e. The van der Waals surface area contributed by atoms with Gasteiger partial charge in [0, 0.05) is 6.04 Å². The molecule has 1 rings (SSSR count). The van der Waals surface area contributed by atoms with Crippen molar-refractivity contribution in [1.29, 1.82) is 0 Å². The molecule has 0 aliphatic rings. The second kappa shape index (κ2) is 3.99. The maximum absolute atomic E-state index is 9.53. The van der Waals surface area contributed by atoms with Gasteiger partial charge in [0.2, 0.25) is 0 Å². The smallest absolute Gasteiger partial charge is 0.137 e. The average molecular weight is 200 g/mol. The lowest BCUT2D eigenvalue weighted by Gasteiger charge is -2.09. The number of aryl methyl sites for hydroxylation is 1. The van der Waals surface area contributed by atoms with Crippen LogP contribution < -0.4 is 5.73 Å². The minimum Gasteiger partial charge on any atom is -0.506 e. The van der Waals surface area contributed by atoms with E-state index < -0.39 is 0 Å². The highest BCUT2D eigenvalue weighted by molar-refractivity contribution is 6.32. The molecule has 3 N–H and O–H groups in total. The molecular weight excluding hydrogens is 186 g/mol. The number of halogens is 1. The van der Waals surface area contributed by atoms with Gasteiger partial charge in [-0.2, -0.15) is 0 Å². The van der Waals surface area contributed by atoms with E-state index >= 15 is 0 Å². The first-order valence-electron chi connectivity index (χ1n) is 4.25. The second-order valence-corrected chi connectivity index (χ2v) is 3.76. The Bertz CT molecular complexity index is 310. The van der Waals surface area contributed by atoms with Gasteiger partial charge >= 0.3 is 0 Å². The van der Waals surface area contributed by atoms with Crippen molar-refractivity contribution in [1.82, 2.24) is 0 Å². The molecule has 0 bridgehead atoms. The highest BCUT2D eigenvalue weighted by atomic mass is 35.5. The molecular formula is C10H14ClNO. The Balaban J connectivity index is 3.04. The fourth-order valence-electron chi connectivity index (χ4n) is 1.21. The normalized spacial score (nSPS) is 12.9. The zero-order valence-corrected chi connectivity index (χ0v) is 8.60. The van der Waals surface area contributed by atoms with Crippen molar-refractivity contribution < 1.29 is 5.11 Å². The van der Waals surface area contributed by atoms with Crippen LogP contribution in [-0.2, 0) is 6.42 Å². The van der Waals surface area contributed by atoms with Crippen molar-refractivity contribution in [3.63, 3.8) is 0 Å². The van der Waals surface area contributed by atoms with Crippen LogP contribution in [0.4, 0.5) is 0 Å². The molecule has 0 spiro atoms. The molecule has 13 heavy (non-hydrogen) atoms. The first-order valence-corrected chi connectivity index (χ1v) is 4.62. The van der Waals surface area contributed by atoms with Gasteiger partial charge in [-0.25, -0.2) is 0 Å². The van der Waals surface area contributed by atoms with E-state index in [-0.39, 0.29) is 11.8 Å². The molecule has 1 aromatic rings. The summed E-state index contributed by atoms with van der Waals surface area (Å²) in [7, 11) is 0. The summed E-state index contributed by atoms with van der Waals surface area (Å²) >= 11 is 5.94. The van der Waals surface area contributed by atoms with E-state index in [0.717, 1.165) is 11.1 Å². The Labute approximate surface area is 83.3 Å². The van der Waals surface area contributed by atoms with Crippen molar-refractivity contribution in [2.24, 2.45) is 5.73 Å². The predicted molar refractivity (Wildman–Crippen MR) is 55.2 cm³/mol. The Morgan fingerprint density at radius 1 is 1.54 bits per heavy atom. The fraction of sp³-hybridized carbons (Fsp3) is 0.400. The predicted octanol–water partition coefficient (Wildman–Crippen LogP) is 2.24. The Kier molecular flexibility index (Phi) is 3.17. The zero-order valence-electron chi connectivity index (χ0n) is 7.84. The van der Waals surface area contributed by atoms with Gasteiger partial charge in [0.25, 0.3) is 0 Å². The maximum atomic E-state index is 9.53. The molecule has 3 heteroatoms. The van der Waals surface area contributed by atoms with Crippen LogP contribution in [0.15, 0.2) is 12.1 Å². The number of benzene rings is 1. The number of rotatable bonds is 2. The molecule has 2 nitrogen and oxygen atoms in total. The van der Waals surface area contributed by atoms with Crippen LogP contribution in [0.3, 0.4) is 0 Å².